The Hall–Kier alpha value is -1.87. The van der Waals surface area contributed by atoms with Gasteiger partial charge in [0.25, 0.3) is 0 Å². The van der Waals surface area contributed by atoms with Crippen LogP contribution in [0.3, 0.4) is 0 Å². The van der Waals surface area contributed by atoms with Crippen molar-refractivity contribution in [1.82, 2.24) is 4.90 Å². The largest absolute Gasteiger partial charge is 0.398 e. The van der Waals surface area contributed by atoms with Crippen LogP contribution in [0.15, 0.2) is 48.5 Å². The SMILES string of the molecule is CCN(Cc1ccccc1)Cc1c(N)cccc1F. The Kier molecular flexibility index (Phi) is 4.53. The molecule has 0 bridgehead atoms. The molecule has 0 aromatic heterocycles. The van der Waals surface area contributed by atoms with Crippen molar-refractivity contribution in [3.05, 3.63) is 65.5 Å². The molecule has 0 saturated carbocycles. The zero-order valence-corrected chi connectivity index (χ0v) is 11.1. The summed E-state index contributed by atoms with van der Waals surface area (Å²) >= 11 is 0. The number of hydrogen-bond acceptors (Lipinski definition) is 2. The van der Waals surface area contributed by atoms with E-state index >= 15 is 0 Å². The molecule has 100 valence electrons. The van der Waals surface area contributed by atoms with Crippen molar-refractivity contribution in [1.29, 1.82) is 0 Å². The average molecular weight is 258 g/mol. The first kappa shape index (κ1) is 13.6. The van der Waals surface area contributed by atoms with Crippen LogP contribution >= 0.6 is 0 Å². The second-order valence-electron chi connectivity index (χ2n) is 4.60. The summed E-state index contributed by atoms with van der Waals surface area (Å²) in [5.41, 5.74) is 8.18. The van der Waals surface area contributed by atoms with Crippen molar-refractivity contribution in [2.75, 3.05) is 12.3 Å². The second kappa shape index (κ2) is 6.34. The van der Waals surface area contributed by atoms with Crippen LogP contribution < -0.4 is 5.73 Å². The minimum Gasteiger partial charge on any atom is -0.398 e. The monoisotopic (exact) mass is 258 g/mol. The summed E-state index contributed by atoms with van der Waals surface area (Å²) in [4.78, 5) is 2.17. The van der Waals surface area contributed by atoms with Crippen molar-refractivity contribution in [3.8, 4) is 0 Å². The molecule has 19 heavy (non-hydrogen) atoms. The highest BCUT2D eigenvalue weighted by Gasteiger charge is 2.11. The number of anilines is 1. The van der Waals surface area contributed by atoms with Gasteiger partial charge in [-0.2, -0.15) is 0 Å². The maximum atomic E-state index is 13.8. The predicted octanol–water partition coefficient (Wildman–Crippen LogP) is 3.43. The zero-order chi connectivity index (χ0) is 13.7. The Morgan fingerprint density at radius 1 is 1.00 bits per heavy atom. The van der Waals surface area contributed by atoms with Crippen molar-refractivity contribution in [3.63, 3.8) is 0 Å². The lowest BCUT2D eigenvalue weighted by molar-refractivity contribution is 0.268. The fourth-order valence-electron chi connectivity index (χ4n) is 2.09. The first-order chi connectivity index (χ1) is 9.20. The molecular formula is C16H19FN2. The molecule has 0 heterocycles. The number of hydrogen-bond donors (Lipinski definition) is 1. The van der Waals surface area contributed by atoms with E-state index in [0.717, 1.165) is 13.1 Å². The number of nitrogens with two attached hydrogens (primary N) is 1. The molecular weight excluding hydrogens is 239 g/mol. The van der Waals surface area contributed by atoms with Crippen LogP contribution in [0.1, 0.15) is 18.1 Å². The molecule has 2 rings (SSSR count). The number of nitrogen functional groups attached to an aromatic ring is 1. The van der Waals surface area contributed by atoms with Gasteiger partial charge in [0.05, 0.1) is 0 Å². The second-order valence-corrected chi connectivity index (χ2v) is 4.60. The van der Waals surface area contributed by atoms with Crippen molar-refractivity contribution >= 4 is 5.69 Å². The van der Waals surface area contributed by atoms with Crippen LogP contribution in [0.25, 0.3) is 0 Å². The first-order valence-corrected chi connectivity index (χ1v) is 6.50. The smallest absolute Gasteiger partial charge is 0.129 e. The first-order valence-electron chi connectivity index (χ1n) is 6.50. The zero-order valence-electron chi connectivity index (χ0n) is 11.1. The quantitative estimate of drug-likeness (QED) is 0.832. The summed E-state index contributed by atoms with van der Waals surface area (Å²) in [7, 11) is 0. The van der Waals surface area contributed by atoms with Gasteiger partial charge in [-0.15, -0.1) is 0 Å². The van der Waals surface area contributed by atoms with Gasteiger partial charge in [-0.1, -0.05) is 43.3 Å². The summed E-state index contributed by atoms with van der Waals surface area (Å²) in [6.45, 7) is 4.25. The molecule has 0 saturated heterocycles. The molecule has 0 aliphatic heterocycles. The minimum atomic E-state index is -0.230. The predicted molar refractivity (Wildman–Crippen MR) is 77.0 cm³/mol. The number of halogens is 1. The molecule has 0 aliphatic carbocycles. The Morgan fingerprint density at radius 3 is 2.37 bits per heavy atom. The van der Waals surface area contributed by atoms with E-state index in [1.54, 1.807) is 12.1 Å². The fourth-order valence-corrected chi connectivity index (χ4v) is 2.09. The number of rotatable bonds is 5. The standard InChI is InChI=1S/C16H19FN2/c1-2-19(11-13-7-4-3-5-8-13)12-14-15(17)9-6-10-16(14)18/h3-10H,2,11-12,18H2,1H3. The van der Waals surface area contributed by atoms with Crippen LogP contribution in [0.5, 0.6) is 0 Å². The van der Waals surface area contributed by atoms with E-state index < -0.39 is 0 Å². The van der Waals surface area contributed by atoms with Gasteiger partial charge in [-0.25, -0.2) is 4.39 Å². The van der Waals surface area contributed by atoms with Gasteiger partial charge in [0.2, 0.25) is 0 Å². The average Bonchev–Trinajstić information content (AvgIpc) is 2.43. The van der Waals surface area contributed by atoms with Crippen molar-refractivity contribution in [2.45, 2.75) is 20.0 Å². The molecule has 2 aromatic rings. The third kappa shape index (κ3) is 3.55. The van der Waals surface area contributed by atoms with E-state index in [0.29, 0.717) is 17.8 Å². The topological polar surface area (TPSA) is 29.3 Å². The normalized spacial score (nSPS) is 10.9. The lowest BCUT2D eigenvalue weighted by Crippen LogP contribution is -2.23. The van der Waals surface area contributed by atoms with Crippen molar-refractivity contribution in [2.24, 2.45) is 0 Å². The third-order valence-electron chi connectivity index (χ3n) is 3.23. The minimum absolute atomic E-state index is 0.230. The number of benzene rings is 2. The van der Waals surface area contributed by atoms with Gasteiger partial charge in [-0.3, -0.25) is 4.90 Å². The van der Waals surface area contributed by atoms with Crippen LogP contribution in [-0.2, 0) is 13.1 Å². The van der Waals surface area contributed by atoms with E-state index in [1.807, 2.05) is 18.2 Å². The molecule has 2 nitrogen and oxygen atoms in total. The van der Waals surface area contributed by atoms with Gasteiger partial charge in [0.15, 0.2) is 0 Å². The lowest BCUT2D eigenvalue weighted by Gasteiger charge is -2.21. The molecule has 0 atom stereocenters. The van der Waals surface area contributed by atoms with E-state index in [9.17, 15) is 4.39 Å². The van der Waals surface area contributed by atoms with Gasteiger partial charge in [0, 0.05) is 24.3 Å². The van der Waals surface area contributed by atoms with Crippen LogP contribution in [-0.4, -0.2) is 11.4 Å². The van der Waals surface area contributed by atoms with Gasteiger partial charge >= 0.3 is 0 Å². The highest BCUT2D eigenvalue weighted by Crippen LogP contribution is 2.19. The maximum absolute atomic E-state index is 13.8. The molecule has 0 fully saturated rings. The summed E-state index contributed by atoms with van der Waals surface area (Å²) < 4.78 is 13.8. The summed E-state index contributed by atoms with van der Waals surface area (Å²) in [5.74, 6) is -0.230. The molecule has 0 spiro atoms. The maximum Gasteiger partial charge on any atom is 0.129 e. The summed E-state index contributed by atoms with van der Waals surface area (Å²) in [6, 6.07) is 15.0. The molecule has 0 radical (unpaired) electrons. The molecule has 0 amide bonds. The molecule has 2 N–H and O–H groups in total. The van der Waals surface area contributed by atoms with E-state index in [2.05, 4.69) is 24.0 Å². The van der Waals surface area contributed by atoms with E-state index in [1.165, 1.54) is 11.6 Å². The van der Waals surface area contributed by atoms with E-state index in [4.69, 9.17) is 5.73 Å². The van der Waals surface area contributed by atoms with E-state index in [-0.39, 0.29) is 5.82 Å². The molecule has 2 aromatic carbocycles. The van der Waals surface area contributed by atoms with Crippen LogP contribution in [0, 0.1) is 5.82 Å². The lowest BCUT2D eigenvalue weighted by atomic mass is 10.1. The highest BCUT2D eigenvalue weighted by molar-refractivity contribution is 5.47. The molecule has 0 unspecified atom stereocenters. The number of nitrogens with zero attached hydrogens (tertiary/aromatic N) is 1. The third-order valence-corrected chi connectivity index (χ3v) is 3.23. The summed E-state index contributed by atoms with van der Waals surface area (Å²) in [6.07, 6.45) is 0. The Balaban J connectivity index is 2.11. The van der Waals surface area contributed by atoms with Gasteiger partial charge < -0.3 is 5.73 Å². The van der Waals surface area contributed by atoms with Crippen LogP contribution in [0.4, 0.5) is 10.1 Å². The van der Waals surface area contributed by atoms with Gasteiger partial charge in [0.1, 0.15) is 5.82 Å². The Labute approximate surface area is 113 Å². The van der Waals surface area contributed by atoms with Crippen molar-refractivity contribution < 1.29 is 4.39 Å². The Morgan fingerprint density at radius 2 is 1.74 bits per heavy atom. The summed E-state index contributed by atoms with van der Waals surface area (Å²) in [5, 5.41) is 0. The highest BCUT2D eigenvalue weighted by atomic mass is 19.1. The van der Waals surface area contributed by atoms with Gasteiger partial charge in [-0.05, 0) is 24.2 Å². The fraction of sp³-hybridized carbons (Fsp3) is 0.250. The van der Waals surface area contributed by atoms with Crippen LogP contribution in [0.2, 0.25) is 0 Å². The molecule has 3 heteroatoms. The molecule has 0 aliphatic rings. The Bertz CT molecular complexity index is 505.